The number of hydrogen-bond acceptors (Lipinski definition) is 4. The highest BCUT2D eigenvalue weighted by Crippen LogP contribution is 2.37. The lowest BCUT2D eigenvalue weighted by Crippen LogP contribution is -2.30. The average molecular weight is 381 g/mol. The van der Waals surface area contributed by atoms with Crippen molar-refractivity contribution < 1.29 is 19.1 Å². The van der Waals surface area contributed by atoms with Crippen LogP contribution in [-0.2, 0) is 4.79 Å². The van der Waals surface area contributed by atoms with E-state index in [-0.39, 0.29) is 30.6 Å². The van der Waals surface area contributed by atoms with E-state index in [2.05, 4.69) is 0 Å². The molecule has 0 unspecified atom stereocenters. The van der Waals surface area contributed by atoms with Crippen molar-refractivity contribution >= 4 is 11.7 Å². The normalized spacial score (nSPS) is 16.1. The van der Waals surface area contributed by atoms with Crippen LogP contribution in [0.25, 0.3) is 0 Å². The van der Waals surface area contributed by atoms with E-state index in [4.69, 9.17) is 9.47 Å². The second-order valence-corrected chi connectivity index (χ2v) is 7.15. The van der Waals surface area contributed by atoms with Crippen molar-refractivity contribution in [2.24, 2.45) is 0 Å². The van der Waals surface area contributed by atoms with E-state index >= 15 is 0 Å². The Labute approximate surface area is 166 Å². The zero-order valence-electron chi connectivity index (χ0n) is 16.7. The number of likely N-dealkylation sites (tertiary alicyclic amines) is 1. The van der Waals surface area contributed by atoms with Crippen LogP contribution in [0.3, 0.4) is 0 Å². The van der Waals surface area contributed by atoms with Gasteiger partial charge in [-0.1, -0.05) is 35.9 Å². The molecule has 1 amide bonds. The largest absolute Gasteiger partial charge is 0.493 e. The summed E-state index contributed by atoms with van der Waals surface area (Å²) in [6, 6.07) is 13.3. The minimum absolute atomic E-state index is 0.00946. The molecule has 2 aromatic rings. The number of nitrogens with zero attached hydrogens (tertiary/aromatic N) is 1. The summed E-state index contributed by atoms with van der Waals surface area (Å²) in [5.74, 6) is 1.37. The van der Waals surface area contributed by atoms with Crippen molar-refractivity contribution in [3.05, 3.63) is 59.2 Å². The third kappa shape index (κ3) is 4.35. The van der Waals surface area contributed by atoms with Crippen LogP contribution in [0, 0.1) is 6.92 Å². The molecule has 1 aliphatic rings. The highest BCUT2D eigenvalue weighted by molar-refractivity contribution is 5.98. The van der Waals surface area contributed by atoms with Crippen molar-refractivity contribution in [1.29, 1.82) is 0 Å². The van der Waals surface area contributed by atoms with Gasteiger partial charge >= 0.3 is 0 Å². The fourth-order valence-corrected chi connectivity index (χ4v) is 3.72. The van der Waals surface area contributed by atoms with Gasteiger partial charge in [0.2, 0.25) is 5.91 Å². The molecular weight excluding hydrogens is 354 g/mol. The number of aryl methyl sites for hydroxylation is 1. The molecule has 5 nitrogen and oxygen atoms in total. The Morgan fingerprint density at radius 2 is 1.71 bits per heavy atom. The molecule has 0 spiro atoms. The number of ketones is 1. The lowest BCUT2D eigenvalue weighted by Gasteiger charge is -2.25. The first kappa shape index (κ1) is 19.9. The van der Waals surface area contributed by atoms with Gasteiger partial charge in [0.05, 0.1) is 20.3 Å². The Morgan fingerprint density at radius 3 is 2.39 bits per heavy atom. The predicted octanol–water partition coefficient (Wildman–Crippen LogP) is 4.34. The van der Waals surface area contributed by atoms with E-state index in [1.165, 1.54) is 0 Å². The summed E-state index contributed by atoms with van der Waals surface area (Å²) in [5, 5.41) is 0. The van der Waals surface area contributed by atoms with Crippen LogP contribution >= 0.6 is 0 Å². The molecule has 0 bridgehead atoms. The number of carbonyl (C=O) groups is 2. The number of hydrogen-bond donors (Lipinski definition) is 0. The molecule has 2 aromatic carbocycles. The highest BCUT2D eigenvalue weighted by Gasteiger charge is 2.30. The Morgan fingerprint density at radius 1 is 1.00 bits per heavy atom. The van der Waals surface area contributed by atoms with Crippen molar-refractivity contribution in [3.8, 4) is 11.5 Å². The standard InChI is InChI=1S/C23H27NO4/c1-16-6-8-17(9-7-16)20(25)11-13-23(26)24-14-4-5-19(24)18-10-12-21(27-2)22(15-18)28-3/h6-10,12,15,19H,4-5,11,13-14H2,1-3H3/t19-/m0/s1. The SMILES string of the molecule is COc1ccc([C@@H]2CCCN2C(=O)CCC(=O)c2ccc(C)cc2)cc1OC. The number of ether oxygens (including phenoxy) is 2. The fraction of sp³-hybridized carbons (Fsp3) is 0.391. The van der Waals surface area contributed by atoms with Crippen molar-refractivity contribution in [2.75, 3.05) is 20.8 Å². The molecule has 1 aliphatic heterocycles. The topological polar surface area (TPSA) is 55.8 Å². The summed E-state index contributed by atoms with van der Waals surface area (Å²) in [6.45, 7) is 2.70. The lowest BCUT2D eigenvalue weighted by molar-refractivity contribution is -0.132. The van der Waals surface area contributed by atoms with Gasteiger partial charge in [0.25, 0.3) is 0 Å². The number of carbonyl (C=O) groups excluding carboxylic acids is 2. The minimum Gasteiger partial charge on any atom is -0.493 e. The van der Waals surface area contributed by atoms with Crippen molar-refractivity contribution in [1.82, 2.24) is 4.90 Å². The van der Waals surface area contributed by atoms with Gasteiger partial charge in [-0.3, -0.25) is 9.59 Å². The van der Waals surface area contributed by atoms with Gasteiger partial charge in [-0.05, 0) is 37.5 Å². The monoisotopic (exact) mass is 381 g/mol. The molecule has 5 heteroatoms. The Kier molecular flexibility index (Phi) is 6.34. The second kappa shape index (κ2) is 8.91. The molecule has 0 radical (unpaired) electrons. The van der Waals surface area contributed by atoms with Gasteiger partial charge in [-0.25, -0.2) is 0 Å². The number of benzene rings is 2. The van der Waals surface area contributed by atoms with Gasteiger partial charge in [0.15, 0.2) is 17.3 Å². The first-order valence-corrected chi connectivity index (χ1v) is 9.64. The molecule has 1 fully saturated rings. The molecule has 0 N–H and O–H groups in total. The molecular formula is C23H27NO4. The zero-order chi connectivity index (χ0) is 20.1. The van der Waals surface area contributed by atoms with Gasteiger partial charge in [-0.2, -0.15) is 0 Å². The van der Waals surface area contributed by atoms with Gasteiger partial charge in [0, 0.05) is 24.9 Å². The van der Waals surface area contributed by atoms with E-state index in [9.17, 15) is 9.59 Å². The molecule has 148 valence electrons. The average Bonchev–Trinajstić information content (AvgIpc) is 3.21. The summed E-state index contributed by atoms with van der Waals surface area (Å²) in [5.41, 5.74) is 2.81. The van der Waals surface area contributed by atoms with E-state index in [0.717, 1.165) is 30.5 Å². The molecule has 1 atom stereocenters. The molecule has 1 heterocycles. The smallest absolute Gasteiger partial charge is 0.223 e. The van der Waals surface area contributed by atoms with E-state index in [1.807, 2.05) is 54.3 Å². The third-order valence-corrected chi connectivity index (χ3v) is 5.30. The number of Topliss-reactive ketones (excluding diaryl/α,β-unsaturated/α-hetero) is 1. The Hall–Kier alpha value is -2.82. The Balaban J connectivity index is 1.66. The minimum atomic E-state index is 0.00946. The maximum absolute atomic E-state index is 12.8. The number of rotatable bonds is 7. The van der Waals surface area contributed by atoms with Crippen LogP contribution in [0.15, 0.2) is 42.5 Å². The van der Waals surface area contributed by atoms with Crippen LogP contribution in [0.5, 0.6) is 11.5 Å². The summed E-state index contributed by atoms with van der Waals surface area (Å²) in [7, 11) is 3.21. The van der Waals surface area contributed by atoms with E-state index in [1.54, 1.807) is 14.2 Å². The molecule has 28 heavy (non-hydrogen) atoms. The molecule has 0 saturated carbocycles. The maximum Gasteiger partial charge on any atom is 0.223 e. The van der Waals surface area contributed by atoms with Gasteiger partial charge < -0.3 is 14.4 Å². The molecule has 3 rings (SSSR count). The van der Waals surface area contributed by atoms with Gasteiger partial charge in [0.1, 0.15) is 0 Å². The van der Waals surface area contributed by atoms with E-state index in [0.29, 0.717) is 17.1 Å². The van der Waals surface area contributed by atoms with Gasteiger partial charge in [-0.15, -0.1) is 0 Å². The first-order chi connectivity index (χ1) is 13.5. The molecule has 0 aromatic heterocycles. The van der Waals surface area contributed by atoms with Crippen molar-refractivity contribution in [2.45, 2.75) is 38.6 Å². The zero-order valence-corrected chi connectivity index (χ0v) is 16.7. The summed E-state index contributed by atoms with van der Waals surface area (Å²) >= 11 is 0. The van der Waals surface area contributed by atoms with E-state index < -0.39 is 0 Å². The quantitative estimate of drug-likeness (QED) is 0.670. The summed E-state index contributed by atoms with van der Waals surface area (Å²) < 4.78 is 10.7. The van der Waals surface area contributed by atoms with Crippen molar-refractivity contribution in [3.63, 3.8) is 0 Å². The summed E-state index contributed by atoms with van der Waals surface area (Å²) in [6.07, 6.45) is 2.33. The van der Waals surface area contributed by atoms with Crippen LogP contribution in [0.1, 0.15) is 53.2 Å². The fourth-order valence-electron chi connectivity index (χ4n) is 3.72. The lowest BCUT2D eigenvalue weighted by atomic mass is 10.0. The Bertz CT molecular complexity index is 844. The van der Waals surface area contributed by atoms with Crippen LogP contribution in [-0.4, -0.2) is 37.4 Å². The van der Waals surface area contributed by atoms with Crippen LogP contribution < -0.4 is 9.47 Å². The molecule has 0 aliphatic carbocycles. The number of amides is 1. The molecule has 1 saturated heterocycles. The summed E-state index contributed by atoms with van der Waals surface area (Å²) in [4.78, 5) is 27.1. The first-order valence-electron chi connectivity index (χ1n) is 9.64. The number of methoxy groups -OCH3 is 2. The van der Waals surface area contributed by atoms with Crippen LogP contribution in [0.4, 0.5) is 0 Å². The maximum atomic E-state index is 12.8. The highest BCUT2D eigenvalue weighted by atomic mass is 16.5. The predicted molar refractivity (Wildman–Crippen MR) is 108 cm³/mol. The van der Waals surface area contributed by atoms with Crippen LogP contribution in [0.2, 0.25) is 0 Å². The third-order valence-electron chi connectivity index (χ3n) is 5.30. The second-order valence-electron chi connectivity index (χ2n) is 7.15.